The van der Waals surface area contributed by atoms with Crippen LogP contribution in [-0.4, -0.2) is 24.8 Å². The molecular weight excluding hydrogens is 120 g/mol. The van der Waals surface area contributed by atoms with Gasteiger partial charge in [0.2, 0.25) is 5.91 Å². The molecule has 0 saturated heterocycles. The highest BCUT2D eigenvalue weighted by molar-refractivity contribution is 5.78. The van der Waals surface area contributed by atoms with Crippen molar-refractivity contribution in [3.63, 3.8) is 0 Å². The van der Waals surface area contributed by atoms with E-state index in [1.807, 2.05) is 0 Å². The van der Waals surface area contributed by atoms with E-state index in [1.165, 1.54) is 6.92 Å². The van der Waals surface area contributed by atoms with Crippen LogP contribution in [0.1, 0.15) is 6.92 Å². The summed E-state index contributed by atoms with van der Waals surface area (Å²) in [5.74, 6) is -0.0584. The van der Waals surface area contributed by atoms with E-state index in [9.17, 15) is 4.79 Å². The molecule has 0 bridgehead atoms. The maximum Gasteiger partial charge on any atom is 0.217 e. The summed E-state index contributed by atoms with van der Waals surface area (Å²) in [4.78, 5) is 15.0. The number of rotatable bonds is 1. The van der Waals surface area contributed by atoms with Crippen LogP contribution in [0.4, 0.5) is 0 Å². The molecule has 9 heavy (non-hydrogen) atoms. The summed E-state index contributed by atoms with van der Waals surface area (Å²) in [6.45, 7) is 1.92. The number of hydrogen-bond donors (Lipinski definition) is 1. The van der Waals surface area contributed by atoms with Crippen molar-refractivity contribution in [2.24, 2.45) is 5.16 Å². The molecule has 1 heterocycles. The van der Waals surface area contributed by atoms with Gasteiger partial charge in [0.25, 0.3) is 0 Å². The molecule has 0 aromatic heterocycles. The fourth-order valence-corrected chi connectivity index (χ4v) is 0.623. The van der Waals surface area contributed by atoms with Gasteiger partial charge in [-0.3, -0.25) is 4.79 Å². The lowest BCUT2D eigenvalue weighted by Gasteiger charge is -2.02. The van der Waals surface area contributed by atoms with Gasteiger partial charge in [-0.05, 0) is 0 Å². The topological polar surface area (TPSA) is 50.7 Å². The minimum Gasteiger partial charge on any atom is -0.393 e. The van der Waals surface area contributed by atoms with Gasteiger partial charge in [0.15, 0.2) is 0 Å². The molecule has 4 heteroatoms. The van der Waals surface area contributed by atoms with Gasteiger partial charge in [0.05, 0.1) is 6.21 Å². The van der Waals surface area contributed by atoms with Crippen molar-refractivity contribution in [3.05, 3.63) is 0 Å². The van der Waals surface area contributed by atoms with Crippen molar-refractivity contribution in [1.82, 2.24) is 5.32 Å². The molecule has 0 aliphatic carbocycles. The molecule has 0 saturated carbocycles. The van der Waals surface area contributed by atoms with Crippen LogP contribution in [-0.2, 0) is 9.63 Å². The first kappa shape index (κ1) is 6.07. The van der Waals surface area contributed by atoms with Crippen molar-refractivity contribution in [2.75, 3.05) is 6.61 Å². The van der Waals surface area contributed by atoms with Crippen molar-refractivity contribution < 1.29 is 9.63 Å². The van der Waals surface area contributed by atoms with Crippen molar-refractivity contribution >= 4 is 12.1 Å². The summed E-state index contributed by atoms with van der Waals surface area (Å²) < 4.78 is 0. The summed E-state index contributed by atoms with van der Waals surface area (Å²) >= 11 is 0. The van der Waals surface area contributed by atoms with Gasteiger partial charge in [-0.15, -0.1) is 0 Å². The van der Waals surface area contributed by atoms with Crippen LogP contribution < -0.4 is 5.32 Å². The third kappa shape index (κ3) is 1.71. The average molecular weight is 128 g/mol. The predicted octanol–water partition coefficient (Wildman–Crippen LogP) is -0.493. The Hall–Kier alpha value is -1.06. The lowest BCUT2D eigenvalue weighted by molar-refractivity contribution is -0.119. The highest BCUT2D eigenvalue weighted by atomic mass is 16.6. The zero-order chi connectivity index (χ0) is 6.69. The van der Waals surface area contributed by atoms with E-state index in [0.29, 0.717) is 6.61 Å². The SMILES string of the molecule is CC(=O)N[C@H]1C=NOC1. The lowest BCUT2D eigenvalue weighted by Crippen LogP contribution is -2.34. The van der Waals surface area contributed by atoms with Gasteiger partial charge in [-0.2, -0.15) is 0 Å². The fraction of sp³-hybridized carbons (Fsp3) is 0.600. The van der Waals surface area contributed by atoms with Gasteiger partial charge in [-0.1, -0.05) is 5.16 Å². The lowest BCUT2D eigenvalue weighted by atomic mass is 10.3. The molecule has 1 aliphatic heterocycles. The van der Waals surface area contributed by atoms with E-state index in [-0.39, 0.29) is 11.9 Å². The Kier molecular flexibility index (Phi) is 1.67. The summed E-state index contributed by atoms with van der Waals surface area (Å²) in [5, 5.41) is 6.11. The van der Waals surface area contributed by atoms with Crippen molar-refractivity contribution in [1.29, 1.82) is 0 Å². The highest BCUT2D eigenvalue weighted by Crippen LogP contribution is 1.91. The molecular formula is C5H8N2O2. The number of amides is 1. The van der Waals surface area contributed by atoms with E-state index < -0.39 is 0 Å². The number of nitrogens with zero attached hydrogens (tertiary/aromatic N) is 1. The van der Waals surface area contributed by atoms with Crippen LogP contribution in [0, 0.1) is 0 Å². The summed E-state index contributed by atoms with van der Waals surface area (Å²) in [7, 11) is 0. The maximum absolute atomic E-state index is 10.4. The molecule has 1 rings (SSSR count). The molecule has 0 spiro atoms. The molecule has 1 N–H and O–H groups in total. The fourth-order valence-electron chi connectivity index (χ4n) is 0.623. The van der Waals surface area contributed by atoms with Crippen LogP contribution in [0.25, 0.3) is 0 Å². The Balaban J connectivity index is 2.28. The first-order chi connectivity index (χ1) is 4.29. The zero-order valence-corrected chi connectivity index (χ0v) is 5.13. The summed E-state index contributed by atoms with van der Waals surface area (Å²) in [6, 6.07) is -0.0255. The number of carbonyl (C=O) groups excluding carboxylic acids is 1. The smallest absolute Gasteiger partial charge is 0.217 e. The van der Waals surface area contributed by atoms with Crippen LogP contribution in [0.15, 0.2) is 5.16 Å². The molecule has 50 valence electrons. The first-order valence-corrected chi connectivity index (χ1v) is 2.71. The van der Waals surface area contributed by atoms with Gasteiger partial charge >= 0.3 is 0 Å². The largest absolute Gasteiger partial charge is 0.393 e. The third-order valence-corrected chi connectivity index (χ3v) is 0.958. The Labute approximate surface area is 52.9 Å². The van der Waals surface area contributed by atoms with E-state index in [0.717, 1.165) is 0 Å². The number of carbonyl (C=O) groups is 1. The number of oxime groups is 1. The summed E-state index contributed by atoms with van der Waals surface area (Å²) in [5.41, 5.74) is 0. The molecule has 0 radical (unpaired) electrons. The van der Waals surface area contributed by atoms with Crippen molar-refractivity contribution in [2.45, 2.75) is 13.0 Å². The molecule has 4 nitrogen and oxygen atoms in total. The van der Waals surface area contributed by atoms with Crippen molar-refractivity contribution in [3.8, 4) is 0 Å². The van der Waals surface area contributed by atoms with Gasteiger partial charge in [0.1, 0.15) is 12.6 Å². The predicted molar refractivity (Wildman–Crippen MR) is 32.0 cm³/mol. The van der Waals surface area contributed by atoms with Crippen LogP contribution in [0.3, 0.4) is 0 Å². The maximum atomic E-state index is 10.4. The van der Waals surface area contributed by atoms with Gasteiger partial charge in [-0.25, -0.2) is 0 Å². The monoisotopic (exact) mass is 128 g/mol. The minimum atomic E-state index is -0.0584. The Morgan fingerprint density at radius 3 is 3.22 bits per heavy atom. The van der Waals surface area contributed by atoms with E-state index in [2.05, 4.69) is 15.3 Å². The van der Waals surface area contributed by atoms with E-state index >= 15 is 0 Å². The standard InChI is InChI=1S/C5H8N2O2/c1-4(8)7-5-2-6-9-3-5/h2,5H,3H2,1H3,(H,7,8)/t5-/m0/s1. The Bertz CT molecular complexity index is 144. The Morgan fingerprint density at radius 2 is 2.78 bits per heavy atom. The second-order valence-electron chi connectivity index (χ2n) is 1.86. The van der Waals surface area contributed by atoms with E-state index in [1.54, 1.807) is 6.21 Å². The average Bonchev–Trinajstić information content (AvgIpc) is 2.15. The van der Waals surface area contributed by atoms with Crippen LogP contribution >= 0.6 is 0 Å². The number of nitrogens with one attached hydrogen (secondary N) is 1. The second kappa shape index (κ2) is 2.48. The molecule has 1 aliphatic rings. The summed E-state index contributed by atoms with van der Waals surface area (Å²) in [6.07, 6.45) is 1.57. The minimum absolute atomic E-state index is 0.0255. The Morgan fingerprint density at radius 1 is 2.00 bits per heavy atom. The molecule has 1 atom stereocenters. The van der Waals surface area contributed by atoms with Crippen LogP contribution in [0.2, 0.25) is 0 Å². The molecule has 0 aromatic rings. The third-order valence-electron chi connectivity index (χ3n) is 0.958. The highest BCUT2D eigenvalue weighted by Gasteiger charge is 2.11. The van der Waals surface area contributed by atoms with E-state index in [4.69, 9.17) is 0 Å². The molecule has 0 unspecified atom stereocenters. The molecule has 1 amide bonds. The number of hydrogen-bond acceptors (Lipinski definition) is 3. The first-order valence-electron chi connectivity index (χ1n) is 2.71. The van der Waals surface area contributed by atoms with Gasteiger partial charge < -0.3 is 10.2 Å². The van der Waals surface area contributed by atoms with Crippen LogP contribution in [0.5, 0.6) is 0 Å². The quantitative estimate of drug-likeness (QED) is 0.518. The van der Waals surface area contributed by atoms with Gasteiger partial charge in [0, 0.05) is 6.92 Å². The normalized spacial score (nSPS) is 23.4. The molecule has 0 fully saturated rings. The second-order valence-corrected chi connectivity index (χ2v) is 1.86. The molecule has 0 aromatic carbocycles. The zero-order valence-electron chi connectivity index (χ0n) is 5.13.